The number of benzene rings is 2. The first kappa shape index (κ1) is 20.8. The first-order valence-corrected chi connectivity index (χ1v) is 9.41. The van der Waals surface area contributed by atoms with Gasteiger partial charge in [0, 0.05) is 29.9 Å². The average Bonchev–Trinajstić information content (AvgIpc) is 3.19. The molecule has 0 aliphatic heterocycles. The molecular weight excluding hydrogens is 378 g/mol. The number of imidazole rings is 1. The van der Waals surface area contributed by atoms with E-state index in [0.717, 1.165) is 22.6 Å². The summed E-state index contributed by atoms with van der Waals surface area (Å²) >= 11 is 0. The van der Waals surface area contributed by atoms with Gasteiger partial charge in [-0.1, -0.05) is 24.3 Å². The fourth-order valence-corrected chi connectivity index (χ4v) is 2.88. The first-order valence-electron chi connectivity index (χ1n) is 9.41. The number of aromatic nitrogens is 2. The van der Waals surface area contributed by atoms with Crippen LogP contribution in [0.2, 0.25) is 0 Å². The van der Waals surface area contributed by atoms with Crippen molar-refractivity contribution >= 4 is 11.4 Å². The number of nitrogens with zero attached hydrogens (tertiary/aromatic N) is 3. The molecule has 1 aromatic heterocycles. The zero-order chi connectivity index (χ0) is 21.5. The number of para-hydroxylation sites is 1. The topological polar surface area (TPSA) is 120 Å². The number of aryl methyl sites for hydroxylation is 1. The van der Waals surface area contributed by atoms with Gasteiger partial charge in [-0.2, -0.15) is 0 Å². The van der Waals surface area contributed by atoms with Crippen molar-refractivity contribution in [2.45, 2.75) is 6.92 Å². The van der Waals surface area contributed by atoms with Gasteiger partial charge >= 0.3 is 0 Å². The predicted octanol–water partition coefficient (Wildman–Crippen LogP) is 2.22. The number of methoxy groups -OCH3 is 1. The number of ether oxygens (including phenoxy) is 1. The predicted molar refractivity (Wildman–Crippen MR) is 120 cm³/mol. The second-order valence-electron chi connectivity index (χ2n) is 6.74. The lowest BCUT2D eigenvalue weighted by atomic mass is 10.1. The summed E-state index contributed by atoms with van der Waals surface area (Å²) in [4.78, 5) is 4.25. The summed E-state index contributed by atoms with van der Waals surface area (Å²) in [5.41, 5.74) is 16.9. The lowest BCUT2D eigenvalue weighted by molar-refractivity contribution is 0.412. The van der Waals surface area contributed by atoms with Crippen LogP contribution in [-0.2, 0) is 0 Å². The fourth-order valence-electron chi connectivity index (χ4n) is 2.88. The minimum atomic E-state index is 0.394. The molecule has 0 unspecified atom stereocenters. The van der Waals surface area contributed by atoms with Gasteiger partial charge in [-0.05, 0) is 31.2 Å². The summed E-state index contributed by atoms with van der Waals surface area (Å²) in [6.45, 7) is 2.33. The first-order chi connectivity index (χ1) is 14.5. The van der Waals surface area contributed by atoms with Gasteiger partial charge in [-0.15, -0.1) is 0 Å². The summed E-state index contributed by atoms with van der Waals surface area (Å²) in [5, 5.41) is 4.59. The van der Waals surface area contributed by atoms with Gasteiger partial charge in [-0.25, -0.2) is 10.8 Å². The van der Waals surface area contributed by atoms with Crippen molar-refractivity contribution in [2.75, 3.05) is 18.7 Å². The maximum absolute atomic E-state index is 6.22. The molecule has 7 N–H and O–H groups in total. The van der Waals surface area contributed by atoms with E-state index in [0.29, 0.717) is 23.7 Å². The SMILES string of the molecule is COc1cc(/C(N)=C/NC/C(N)=C/N(N)c2ccccc2)ccc1-n1cnc(C)c1. The molecule has 156 valence electrons. The Morgan fingerprint density at radius 2 is 1.97 bits per heavy atom. The van der Waals surface area contributed by atoms with Crippen molar-refractivity contribution in [3.05, 3.63) is 90.4 Å². The molecule has 0 aliphatic carbocycles. The monoisotopic (exact) mass is 405 g/mol. The molecule has 0 aliphatic rings. The molecule has 3 rings (SSSR count). The van der Waals surface area contributed by atoms with E-state index >= 15 is 0 Å². The van der Waals surface area contributed by atoms with Crippen LogP contribution in [0, 0.1) is 6.92 Å². The van der Waals surface area contributed by atoms with Crippen molar-refractivity contribution in [3.63, 3.8) is 0 Å². The van der Waals surface area contributed by atoms with Gasteiger partial charge in [0.05, 0.1) is 42.7 Å². The Hall–Kier alpha value is -3.91. The molecule has 0 radical (unpaired) electrons. The van der Waals surface area contributed by atoms with E-state index in [1.54, 1.807) is 25.8 Å². The van der Waals surface area contributed by atoms with Gasteiger partial charge in [0.15, 0.2) is 0 Å². The number of rotatable bonds is 8. The molecule has 0 bridgehead atoms. The van der Waals surface area contributed by atoms with E-state index in [1.807, 2.05) is 66.2 Å². The lowest BCUT2D eigenvalue weighted by Crippen LogP contribution is -2.28. The second-order valence-corrected chi connectivity index (χ2v) is 6.74. The number of nitrogens with one attached hydrogen (secondary N) is 1. The molecule has 30 heavy (non-hydrogen) atoms. The molecule has 2 aromatic carbocycles. The van der Waals surface area contributed by atoms with Gasteiger partial charge in [0.2, 0.25) is 0 Å². The molecular formula is C22H27N7O. The van der Waals surface area contributed by atoms with Crippen molar-refractivity contribution in [2.24, 2.45) is 17.3 Å². The minimum absolute atomic E-state index is 0.394. The Labute approximate surface area is 176 Å². The molecule has 0 spiro atoms. The Morgan fingerprint density at radius 1 is 1.20 bits per heavy atom. The van der Waals surface area contributed by atoms with E-state index in [9.17, 15) is 0 Å². The van der Waals surface area contributed by atoms with Crippen LogP contribution in [0.15, 0.2) is 79.2 Å². The van der Waals surface area contributed by atoms with Gasteiger partial charge in [-0.3, -0.25) is 5.01 Å². The molecule has 1 heterocycles. The van der Waals surface area contributed by atoms with Gasteiger partial charge in [0.25, 0.3) is 0 Å². The third-order valence-electron chi connectivity index (χ3n) is 4.43. The maximum atomic E-state index is 6.22. The summed E-state index contributed by atoms with van der Waals surface area (Å²) in [7, 11) is 1.63. The highest BCUT2D eigenvalue weighted by atomic mass is 16.5. The highest BCUT2D eigenvalue weighted by Gasteiger charge is 2.08. The van der Waals surface area contributed by atoms with Gasteiger partial charge < -0.3 is 26.1 Å². The zero-order valence-corrected chi connectivity index (χ0v) is 17.1. The fraction of sp³-hybridized carbons (Fsp3) is 0.136. The van der Waals surface area contributed by atoms with Crippen molar-refractivity contribution in [1.82, 2.24) is 14.9 Å². The third kappa shape index (κ3) is 5.12. The van der Waals surface area contributed by atoms with Crippen molar-refractivity contribution in [1.29, 1.82) is 0 Å². The molecule has 0 saturated carbocycles. The standard InChI is InChI=1S/C22H27N7O/c1-16-13-28(15-27-16)21-9-8-17(10-22(21)30-2)20(24)12-26-11-18(23)14-29(25)19-6-4-3-5-7-19/h3-10,12-15,26H,11,23-25H2,1-2H3/b18-14-,20-12-. The summed E-state index contributed by atoms with van der Waals surface area (Å²) in [6, 6.07) is 15.3. The highest BCUT2D eigenvalue weighted by molar-refractivity contribution is 5.66. The lowest BCUT2D eigenvalue weighted by Gasteiger charge is -2.15. The van der Waals surface area contributed by atoms with Crippen molar-refractivity contribution < 1.29 is 4.74 Å². The highest BCUT2D eigenvalue weighted by Crippen LogP contribution is 2.26. The summed E-state index contributed by atoms with van der Waals surface area (Å²) < 4.78 is 7.44. The summed E-state index contributed by atoms with van der Waals surface area (Å²) in [5.74, 6) is 6.70. The van der Waals surface area contributed by atoms with E-state index < -0.39 is 0 Å². The minimum Gasteiger partial charge on any atom is -0.495 e. The Balaban J connectivity index is 1.66. The van der Waals surface area contributed by atoms with E-state index in [-0.39, 0.29) is 0 Å². The molecule has 0 atom stereocenters. The summed E-state index contributed by atoms with van der Waals surface area (Å²) in [6.07, 6.45) is 7.06. The molecule has 0 fully saturated rings. The van der Waals surface area contributed by atoms with Crippen LogP contribution in [0.3, 0.4) is 0 Å². The van der Waals surface area contributed by atoms with Crippen LogP contribution in [0.25, 0.3) is 11.4 Å². The number of nitrogens with two attached hydrogens (primary N) is 3. The third-order valence-corrected chi connectivity index (χ3v) is 4.43. The Kier molecular flexibility index (Phi) is 6.61. The smallest absolute Gasteiger partial charge is 0.143 e. The number of hydrazine groups is 1. The zero-order valence-electron chi connectivity index (χ0n) is 17.1. The van der Waals surface area contributed by atoms with Crippen LogP contribution in [-0.4, -0.2) is 23.2 Å². The largest absolute Gasteiger partial charge is 0.495 e. The molecule has 0 amide bonds. The number of anilines is 1. The van der Waals surface area contributed by atoms with E-state index in [2.05, 4.69) is 10.3 Å². The van der Waals surface area contributed by atoms with Crippen LogP contribution < -0.4 is 32.4 Å². The van der Waals surface area contributed by atoms with Crippen LogP contribution in [0.1, 0.15) is 11.3 Å². The normalized spacial score (nSPS) is 12.0. The Morgan fingerprint density at radius 3 is 2.63 bits per heavy atom. The molecule has 0 saturated heterocycles. The van der Waals surface area contributed by atoms with Crippen LogP contribution in [0.5, 0.6) is 5.75 Å². The molecule has 3 aromatic rings. The van der Waals surface area contributed by atoms with Crippen LogP contribution in [0.4, 0.5) is 5.69 Å². The number of hydrogen-bond donors (Lipinski definition) is 4. The van der Waals surface area contributed by atoms with Crippen LogP contribution >= 0.6 is 0 Å². The van der Waals surface area contributed by atoms with E-state index in [4.69, 9.17) is 22.0 Å². The van der Waals surface area contributed by atoms with E-state index in [1.165, 1.54) is 5.01 Å². The maximum Gasteiger partial charge on any atom is 0.143 e. The quantitative estimate of drug-likeness (QED) is 0.335. The number of hydrogen-bond acceptors (Lipinski definition) is 7. The Bertz CT molecular complexity index is 1040. The molecule has 8 heteroatoms. The van der Waals surface area contributed by atoms with Crippen molar-refractivity contribution in [3.8, 4) is 11.4 Å². The molecule has 8 nitrogen and oxygen atoms in total. The second kappa shape index (κ2) is 9.53. The van der Waals surface area contributed by atoms with Gasteiger partial charge in [0.1, 0.15) is 5.75 Å². The average molecular weight is 406 g/mol.